The van der Waals surface area contributed by atoms with E-state index in [4.69, 9.17) is 9.15 Å². The number of furan rings is 1. The van der Waals surface area contributed by atoms with E-state index in [1.54, 1.807) is 24.9 Å². The molecule has 0 bridgehead atoms. The summed E-state index contributed by atoms with van der Waals surface area (Å²) in [5.41, 5.74) is 3.74. The fourth-order valence-corrected chi connectivity index (χ4v) is 4.21. The molecule has 3 aromatic rings. The summed E-state index contributed by atoms with van der Waals surface area (Å²) in [5.74, 6) is 2.45. The number of ether oxygens (including phenoxy) is 1. The highest BCUT2D eigenvalue weighted by molar-refractivity contribution is 7.98. The number of rotatable bonds is 8. The van der Waals surface area contributed by atoms with Gasteiger partial charge in [0.05, 0.1) is 12.9 Å². The SMILES string of the molecule is COc1ccccc1CCNC(=O)c1ccc(CSc2cc(C(C)(C)C)ccc2C)o1. The highest BCUT2D eigenvalue weighted by Crippen LogP contribution is 2.31. The van der Waals surface area contributed by atoms with Gasteiger partial charge in [0.15, 0.2) is 5.76 Å². The average molecular weight is 438 g/mol. The third-order valence-corrected chi connectivity index (χ3v) is 6.36. The molecule has 1 amide bonds. The molecule has 0 saturated carbocycles. The summed E-state index contributed by atoms with van der Waals surface area (Å²) in [6, 6.07) is 18.1. The molecule has 0 radical (unpaired) electrons. The molecule has 0 spiro atoms. The summed E-state index contributed by atoms with van der Waals surface area (Å²) >= 11 is 1.74. The summed E-state index contributed by atoms with van der Waals surface area (Å²) in [6.07, 6.45) is 0.697. The number of carbonyl (C=O) groups is 1. The largest absolute Gasteiger partial charge is 0.496 e. The number of amides is 1. The van der Waals surface area contributed by atoms with Crippen molar-refractivity contribution < 1.29 is 13.9 Å². The lowest BCUT2D eigenvalue weighted by molar-refractivity contribution is 0.0925. The van der Waals surface area contributed by atoms with Crippen LogP contribution in [0.2, 0.25) is 0 Å². The van der Waals surface area contributed by atoms with Crippen LogP contribution in [0, 0.1) is 6.92 Å². The van der Waals surface area contributed by atoms with Crippen molar-refractivity contribution in [1.82, 2.24) is 5.32 Å². The molecule has 0 aliphatic heterocycles. The van der Waals surface area contributed by atoms with E-state index in [-0.39, 0.29) is 11.3 Å². The minimum Gasteiger partial charge on any atom is -0.496 e. The standard InChI is InChI=1S/C26H31NO3S/c1-18-10-11-20(26(2,3)4)16-24(18)31-17-21-12-13-23(30-21)25(28)27-15-14-19-8-6-7-9-22(19)29-5/h6-13,16H,14-15,17H2,1-5H3,(H,27,28). The van der Waals surface area contributed by atoms with E-state index in [9.17, 15) is 4.79 Å². The summed E-state index contributed by atoms with van der Waals surface area (Å²) in [4.78, 5) is 13.7. The third kappa shape index (κ3) is 6.17. The molecule has 1 aromatic heterocycles. The normalized spacial score (nSPS) is 11.4. The molecule has 0 aliphatic rings. The quantitative estimate of drug-likeness (QED) is 0.429. The second kappa shape index (κ2) is 10.1. The van der Waals surface area contributed by atoms with E-state index in [0.29, 0.717) is 24.5 Å². The first kappa shape index (κ1) is 23.0. The Morgan fingerprint density at radius 1 is 1.10 bits per heavy atom. The number of benzene rings is 2. The molecular weight excluding hydrogens is 406 g/mol. The first-order chi connectivity index (χ1) is 14.8. The zero-order chi connectivity index (χ0) is 22.4. The Morgan fingerprint density at radius 3 is 2.61 bits per heavy atom. The maximum atomic E-state index is 12.4. The van der Waals surface area contributed by atoms with Crippen LogP contribution in [0.1, 0.15) is 53.8 Å². The van der Waals surface area contributed by atoms with Crippen molar-refractivity contribution in [2.45, 2.75) is 50.2 Å². The lowest BCUT2D eigenvalue weighted by atomic mass is 9.87. The predicted molar refractivity (Wildman–Crippen MR) is 127 cm³/mol. The minimum atomic E-state index is -0.197. The summed E-state index contributed by atoms with van der Waals surface area (Å²) in [5, 5.41) is 2.92. The van der Waals surface area contributed by atoms with Gasteiger partial charge in [-0.25, -0.2) is 0 Å². The van der Waals surface area contributed by atoms with Gasteiger partial charge in [-0.2, -0.15) is 0 Å². The van der Waals surface area contributed by atoms with Gasteiger partial charge in [0.25, 0.3) is 5.91 Å². The van der Waals surface area contributed by atoms with Crippen LogP contribution in [0.15, 0.2) is 63.9 Å². The fraction of sp³-hybridized carbons (Fsp3) is 0.346. The molecule has 3 rings (SSSR count). The van der Waals surface area contributed by atoms with Crippen LogP contribution < -0.4 is 10.1 Å². The van der Waals surface area contributed by atoms with Gasteiger partial charge in [-0.3, -0.25) is 4.79 Å². The number of hydrogen-bond acceptors (Lipinski definition) is 4. The van der Waals surface area contributed by atoms with Crippen LogP contribution in [0.5, 0.6) is 5.75 Å². The second-order valence-electron chi connectivity index (χ2n) is 8.60. The van der Waals surface area contributed by atoms with E-state index in [2.05, 4.69) is 51.2 Å². The van der Waals surface area contributed by atoms with Gasteiger partial charge in [-0.1, -0.05) is 51.1 Å². The zero-order valence-corrected chi connectivity index (χ0v) is 19.8. The van der Waals surface area contributed by atoms with E-state index < -0.39 is 0 Å². The molecule has 31 heavy (non-hydrogen) atoms. The van der Waals surface area contributed by atoms with E-state index >= 15 is 0 Å². The summed E-state index contributed by atoms with van der Waals surface area (Å²) in [6.45, 7) is 9.30. The van der Waals surface area contributed by atoms with E-state index in [0.717, 1.165) is 17.1 Å². The molecule has 1 heterocycles. The first-order valence-corrected chi connectivity index (χ1v) is 11.5. The minimum absolute atomic E-state index is 0.114. The number of methoxy groups -OCH3 is 1. The molecule has 1 N–H and O–H groups in total. The maximum Gasteiger partial charge on any atom is 0.287 e. The predicted octanol–water partition coefficient (Wildman–Crippen LogP) is 6.16. The van der Waals surface area contributed by atoms with Crippen LogP contribution >= 0.6 is 11.8 Å². The number of nitrogens with one attached hydrogen (secondary N) is 1. The van der Waals surface area contributed by atoms with Gasteiger partial charge >= 0.3 is 0 Å². The van der Waals surface area contributed by atoms with Gasteiger partial charge in [-0.05, 0) is 59.7 Å². The number of carbonyl (C=O) groups excluding carboxylic acids is 1. The molecule has 0 saturated heterocycles. The van der Waals surface area contributed by atoms with E-state index in [1.165, 1.54) is 16.0 Å². The van der Waals surface area contributed by atoms with Gasteiger partial charge in [-0.15, -0.1) is 11.8 Å². The van der Waals surface area contributed by atoms with Gasteiger partial charge in [0.1, 0.15) is 11.5 Å². The average Bonchev–Trinajstić information content (AvgIpc) is 3.22. The molecule has 0 unspecified atom stereocenters. The van der Waals surface area contributed by atoms with Gasteiger partial charge in [0.2, 0.25) is 0 Å². The van der Waals surface area contributed by atoms with E-state index in [1.807, 2.05) is 30.3 Å². The second-order valence-corrected chi connectivity index (χ2v) is 9.62. The number of para-hydroxylation sites is 1. The number of hydrogen-bond donors (Lipinski definition) is 1. The van der Waals surface area contributed by atoms with Crippen LogP contribution in [0.4, 0.5) is 0 Å². The number of aryl methyl sites for hydroxylation is 1. The van der Waals surface area contributed by atoms with Crippen LogP contribution in [-0.4, -0.2) is 19.6 Å². The van der Waals surface area contributed by atoms with Crippen LogP contribution in [0.25, 0.3) is 0 Å². The smallest absolute Gasteiger partial charge is 0.287 e. The molecule has 164 valence electrons. The van der Waals surface area contributed by atoms with Gasteiger partial charge in [0, 0.05) is 11.4 Å². The molecule has 0 aliphatic carbocycles. The Morgan fingerprint density at radius 2 is 1.87 bits per heavy atom. The maximum absolute atomic E-state index is 12.4. The Hall–Kier alpha value is -2.66. The molecule has 2 aromatic carbocycles. The highest BCUT2D eigenvalue weighted by Gasteiger charge is 2.16. The van der Waals surface area contributed by atoms with Gasteiger partial charge < -0.3 is 14.5 Å². The highest BCUT2D eigenvalue weighted by atomic mass is 32.2. The molecule has 4 nitrogen and oxygen atoms in total. The van der Waals surface area contributed by atoms with Crippen molar-refractivity contribution >= 4 is 17.7 Å². The molecule has 0 fully saturated rings. The van der Waals surface area contributed by atoms with Crippen molar-refractivity contribution in [1.29, 1.82) is 0 Å². The topological polar surface area (TPSA) is 51.5 Å². The third-order valence-electron chi connectivity index (χ3n) is 5.18. The van der Waals surface area contributed by atoms with Crippen LogP contribution in [-0.2, 0) is 17.6 Å². The molecular formula is C26H31NO3S. The summed E-state index contributed by atoms with van der Waals surface area (Å²) in [7, 11) is 1.65. The zero-order valence-electron chi connectivity index (χ0n) is 19.0. The van der Waals surface area contributed by atoms with Crippen molar-refractivity contribution in [3.05, 3.63) is 82.8 Å². The summed E-state index contributed by atoms with van der Waals surface area (Å²) < 4.78 is 11.1. The van der Waals surface area contributed by atoms with Crippen molar-refractivity contribution in [3.8, 4) is 5.75 Å². The van der Waals surface area contributed by atoms with Crippen molar-refractivity contribution in [3.63, 3.8) is 0 Å². The lowest BCUT2D eigenvalue weighted by Gasteiger charge is -2.20. The van der Waals surface area contributed by atoms with Crippen molar-refractivity contribution in [2.24, 2.45) is 0 Å². The Labute approximate surface area is 189 Å². The monoisotopic (exact) mass is 437 g/mol. The number of thioether (sulfide) groups is 1. The molecule has 5 heteroatoms. The lowest BCUT2D eigenvalue weighted by Crippen LogP contribution is -2.25. The Kier molecular flexibility index (Phi) is 7.50. The molecule has 0 atom stereocenters. The fourth-order valence-electron chi connectivity index (χ4n) is 3.26. The van der Waals surface area contributed by atoms with Crippen molar-refractivity contribution in [2.75, 3.05) is 13.7 Å². The first-order valence-electron chi connectivity index (χ1n) is 10.5. The van der Waals surface area contributed by atoms with Crippen LogP contribution in [0.3, 0.4) is 0 Å². The Bertz CT molecular complexity index is 1030. The Balaban J connectivity index is 1.55.